The van der Waals surface area contributed by atoms with E-state index >= 15 is 0 Å². The number of rotatable bonds is 3. The molecular weight excluding hydrogens is 344 g/mol. The Morgan fingerprint density at radius 3 is 2.52 bits per heavy atom. The normalized spacial score (nSPS) is 15.8. The molecule has 2 aromatic rings. The highest BCUT2D eigenvalue weighted by Gasteiger charge is 2.29. The van der Waals surface area contributed by atoms with E-state index in [1.165, 1.54) is 5.01 Å². The van der Waals surface area contributed by atoms with Crippen molar-refractivity contribution in [1.82, 2.24) is 5.59 Å². The van der Waals surface area contributed by atoms with Crippen LogP contribution >= 0.6 is 11.6 Å². The van der Waals surface area contributed by atoms with Gasteiger partial charge in [-0.05, 0) is 43.3 Å². The summed E-state index contributed by atoms with van der Waals surface area (Å²) in [5.74, 6) is -1.17. The summed E-state index contributed by atoms with van der Waals surface area (Å²) >= 11 is 5.77. The number of aryl methyl sites for hydroxylation is 1. The van der Waals surface area contributed by atoms with Crippen LogP contribution in [0.5, 0.6) is 0 Å². The minimum Gasteiger partial charge on any atom is -0.345 e. The summed E-state index contributed by atoms with van der Waals surface area (Å²) < 4.78 is 0. The van der Waals surface area contributed by atoms with E-state index in [0.29, 0.717) is 16.3 Å². The molecule has 0 radical (unpaired) electrons. The Kier molecular flexibility index (Phi) is 4.87. The van der Waals surface area contributed by atoms with Crippen LogP contribution in [0.1, 0.15) is 15.9 Å². The smallest absolute Gasteiger partial charge is 0.345 e. The summed E-state index contributed by atoms with van der Waals surface area (Å²) in [5, 5.41) is 9.19. The Labute approximate surface area is 148 Å². The lowest BCUT2D eigenvalue weighted by Gasteiger charge is -2.14. The molecule has 0 atom stereocenters. The van der Waals surface area contributed by atoms with Gasteiger partial charge in [-0.3, -0.25) is 4.79 Å². The topological polar surface area (TPSA) is 83.4 Å². The second-order valence-corrected chi connectivity index (χ2v) is 5.63. The predicted molar refractivity (Wildman–Crippen MR) is 91.6 cm³/mol. The number of azo groups is 1. The van der Waals surface area contributed by atoms with E-state index in [9.17, 15) is 9.59 Å². The number of hydrogen-bond acceptors (Lipinski definition) is 6. The molecule has 25 heavy (non-hydrogen) atoms. The summed E-state index contributed by atoms with van der Waals surface area (Å²) in [6.07, 6.45) is 1.16. The Bertz CT molecular complexity index is 860. The highest BCUT2D eigenvalue weighted by molar-refractivity contribution is 6.30. The Morgan fingerprint density at radius 1 is 1.16 bits per heavy atom. The van der Waals surface area contributed by atoms with Gasteiger partial charge >= 0.3 is 5.97 Å². The van der Waals surface area contributed by atoms with Crippen LogP contribution in [0.2, 0.25) is 5.02 Å². The van der Waals surface area contributed by atoms with Gasteiger partial charge in [-0.15, -0.1) is 5.11 Å². The molecule has 1 amide bonds. The van der Waals surface area contributed by atoms with Crippen LogP contribution in [0.25, 0.3) is 0 Å². The van der Waals surface area contributed by atoms with E-state index in [1.807, 2.05) is 31.2 Å². The van der Waals surface area contributed by atoms with E-state index in [0.717, 1.165) is 11.8 Å². The van der Waals surface area contributed by atoms with Gasteiger partial charge in [0.05, 0.1) is 11.9 Å². The molecule has 8 heteroatoms. The van der Waals surface area contributed by atoms with Gasteiger partial charge in [0.2, 0.25) is 0 Å². The number of nitrogens with zero attached hydrogens (tertiary/aromatic N) is 3. The van der Waals surface area contributed by atoms with E-state index < -0.39 is 11.9 Å². The molecule has 7 nitrogen and oxygen atoms in total. The fourth-order valence-corrected chi connectivity index (χ4v) is 2.19. The van der Waals surface area contributed by atoms with E-state index in [2.05, 4.69) is 15.8 Å². The summed E-state index contributed by atoms with van der Waals surface area (Å²) in [4.78, 5) is 28.5. The van der Waals surface area contributed by atoms with Crippen LogP contribution in [0.15, 0.2) is 70.7 Å². The van der Waals surface area contributed by atoms with Gasteiger partial charge in [0.25, 0.3) is 5.91 Å². The maximum Gasteiger partial charge on any atom is 0.378 e. The minimum atomic E-state index is -0.626. The number of carbonyl (C=O) groups is 2. The predicted octanol–water partition coefficient (Wildman–Crippen LogP) is 3.57. The van der Waals surface area contributed by atoms with Gasteiger partial charge in [-0.25, -0.2) is 9.80 Å². The van der Waals surface area contributed by atoms with Gasteiger partial charge in [0.1, 0.15) is 0 Å². The first-order chi connectivity index (χ1) is 12.0. The standard InChI is InChI=1S/C17H13ClN4O3/c1-11-2-8-14(9-3-11)22-15(17(24)25-21-22)10-19-20-16(23)12-4-6-13(18)7-5-12/h2-10,21H,1H3/b15-10+,20-19?. The molecule has 1 fully saturated rings. The van der Waals surface area contributed by atoms with Gasteiger partial charge in [0.15, 0.2) is 5.70 Å². The van der Waals surface area contributed by atoms with Crippen LogP contribution < -0.4 is 10.6 Å². The maximum absolute atomic E-state index is 11.9. The van der Waals surface area contributed by atoms with Crippen molar-refractivity contribution in [2.24, 2.45) is 10.2 Å². The van der Waals surface area contributed by atoms with Crippen LogP contribution in [0.3, 0.4) is 0 Å². The highest BCUT2D eigenvalue weighted by Crippen LogP contribution is 2.22. The number of hydrogen-bond donors (Lipinski definition) is 1. The zero-order valence-electron chi connectivity index (χ0n) is 13.1. The van der Waals surface area contributed by atoms with Crippen molar-refractivity contribution in [2.75, 3.05) is 5.01 Å². The Hall–Kier alpha value is -3.03. The summed E-state index contributed by atoms with van der Waals surface area (Å²) in [6, 6.07) is 13.7. The fourth-order valence-electron chi connectivity index (χ4n) is 2.06. The molecule has 0 saturated carbocycles. The molecule has 3 rings (SSSR count). The summed E-state index contributed by atoms with van der Waals surface area (Å²) in [5.41, 5.74) is 4.69. The molecule has 1 N–H and O–H groups in total. The second kappa shape index (κ2) is 7.25. The lowest BCUT2D eigenvalue weighted by molar-refractivity contribution is -0.140. The highest BCUT2D eigenvalue weighted by atomic mass is 35.5. The third kappa shape index (κ3) is 3.90. The fraction of sp³-hybridized carbons (Fsp3) is 0.0588. The van der Waals surface area contributed by atoms with Crippen molar-refractivity contribution in [3.63, 3.8) is 0 Å². The SMILES string of the molecule is Cc1ccc(N2NOC(=O)/C2=C\N=NC(=O)c2ccc(Cl)cc2)cc1. The third-order valence-corrected chi connectivity index (χ3v) is 3.64. The second-order valence-electron chi connectivity index (χ2n) is 5.19. The third-order valence-electron chi connectivity index (χ3n) is 3.39. The molecule has 0 spiro atoms. The number of anilines is 1. The number of nitrogens with one attached hydrogen (secondary N) is 1. The number of benzene rings is 2. The zero-order valence-corrected chi connectivity index (χ0v) is 13.9. The first kappa shape index (κ1) is 16.8. The quantitative estimate of drug-likeness (QED) is 0.671. The molecule has 1 saturated heterocycles. The average Bonchev–Trinajstić information content (AvgIpc) is 2.97. The molecule has 1 aliphatic rings. The van der Waals surface area contributed by atoms with E-state index in [-0.39, 0.29) is 5.70 Å². The molecule has 0 aromatic heterocycles. The average molecular weight is 357 g/mol. The number of carbonyl (C=O) groups excluding carboxylic acids is 2. The molecule has 0 unspecified atom stereocenters. The number of halogens is 1. The van der Waals surface area contributed by atoms with Crippen molar-refractivity contribution >= 4 is 29.2 Å². The monoisotopic (exact) mass is 356 g/mol. The van der Waals surface area contributed by atoms with Crippen molar-refractivity contribution < 1.29 is 14.4 Å². The molecular formula is C17H13ClN4O3. The Balaban J connectivity index is 1.78. The van der Waals surface area contributed by atoms with E-state index in [1.54, 1.807) is 24.3 Å². The van der Waals surface area contributed by atoms with Crippen molar-refractivity contribution in [3.8, 4) is 0 Å². The maximum atomic E-state index is 11.9. The molecule has 126 valence electrons. The first-order valence-corrected chi connectivity index (χ1v) is 7.67. The molecule has 2 aromatic carbocycles. The largest absolute Gasteiger partial charge is 0.378 e. The molecule has 0 aliphatic carbocycles. The van der Waals surface area contributed by atoms with Crippen LogP contribution in [0.4, 0.5) is 5.69 Å². The first-order valence-electron chi connectivity index (χ1n) is 7.29. The van der Waals surface area contributed by atoms with Crippen LogP contribution in [-0.2, 0) is 9.63 Å². The zero-order chi connectivity index (χ0) is 17.8. The van der Waals surface area contributed by atoms with Crippen molar-refractivity contribution in [2.45, 2.75) is 6.92 Å². The number of amides is 1. The van der Waals surface area contributed by atoms with Gasteiger partial charge in [-0.2, -0.15) is 5.11 Å². The van der Waals surface area contributed by atoms with Crippen LogP contribution in [-0.4, -0.2) is 11.9 Å². The van der Waals surface area contributed by atoms with Crippen molar-refractivity contribution in [3.05, 3.63) is 76.6 Å². The van der Waals surface area contributed by atoms with E-state index in [4.69, 9.17) is 16.4 Å². The lowest BCUT2D eigenvalue weighted by atomic mass is 10.2. The molecule has 1 heterocycles. The Morgan fingerprint density at radius 2 is 1.84 bits per heavy atom. The van der Waals surface area contributed by atoms with Crippen LogP contribution in [0, 0.1) is 6.92 Å². The van der Waals surface area contributed by atoms with Gasteiger partial charge in [0, 0.05) is 10.6 Å². The van der Waals surface area contributed by atoms with Crippen molar-refractivity contribution in [1.29, 1.82) is 0 Å². The molecule has 0 bridgehead atoms. The molecule has 1 aliphatic heterocycles. The summed E-state index contributed by atoms with van der Waals surface area (Å²) in [6.45, 7) is 1.95. The lowest BCUT2D eigenvalue weighted by Crippen LogP contribution is -2.28. The number of hydrazine groups is 1. The van der Waals surface area contributed by atoms with Gasteiger partial charge in [-0.1, -0.05) is 34.9 Å². The van der Waals surface area contributed by atoms with Gasteiger partial charge < -0.3 is 4.84 Å². The minimum absolute atomic E-state index is 0.108. The summed E-state index contributed by atoms with van der Waals surface area (Å²) in [7, 11) is 0.